The van der Waals surface area contributed by atoms with E-state index >= 15 is 0 Å². The third kappa shape index (κ3) is 5.79. The van der Waals surface area contributed by atoms with Crippen molar-refractivity contribution in [3.05, 3.63) is 63.5 Å². The first-order valence-electron chi connectivity index (χ1n) is 16.5. The number of halogens is 1. The van der Waals surface area contributed by atoms with Gasteiger partial charge in [0.25, 0.3) is 0 Å². The van der Waals surface area contributed by atoms with E-state index in [1.165, 1.54) is 23.2 Å². The van der Waals surface area contributed by atoms with Crippen molar-refractivity contribution in [2.24, 2.45) is 0 Å². The zero-order chi connectivity index (χ0) is 32.5. The van der Waals surface area contributed by atoms with Crippen LogP contribution in [-0.2, 0) is 27.9 Å². The number of hydrogen-bond donors (Lipinski definition) is 2. The van der Waals surface area contributed by atoms with Gasteiger partial charge in [0.15, 0.2) is 5.65 Å². The maximum absolute atomic E-state index is 14.3. The number of aromatic nitrogens is 3. The summed E-state index contributed by atoms with van der Waals surface area (Å²) in [5.41, 5.74) is 1.52. The predicted octanol–water partition coefficient (Wildman–Crippen LogP) is 1.76. The Labute approximate surface area is 268 Å². The van der Waals surface area contributed by atoms with E-state index in [0.717, 1.165) is 49.7 Å². The highest BCUT2D eigenvalue weighted by Gasteiger charge is 2.46. The second kappa shape index (κ2) is 11.5. The zero-order valence-electron chi connectivity index (χ0n) is 27.5. The van der Waals surface area contributed by atoms with Gasteiger partial charge in [-0.15, -0.1) is 5.10 Å². The van der Waals surface area contributed by atoms with E-state index in [0.29, 0.717) is 36.4 Å². The number of benzene rings is 1. The summed E-state index contributed by atoms with van der Waals surface area (Å²) in [5.74, 6) is -0.319. The average Bonchev–Trinajstić information content (AvgIpc) is 3.45. The molecule has 248 valence electrons. The molecule has 2 bridgehead atoms. The molecule has 2 aromatic heterocycles. The van der Waals surface area contributed by atoms with Crippen LogP contribution in [0.4, 0.5) is 10.1 Å². The van der Waals surface area contributed by atoms with E-state index in [9.17, 15) is 19.1 Å². The number of amides is 1. The molecule has 4 atom stereocenters. The SMILES string of the molecule is C[C@@H]1CN(CC(=O)N2CC(C)(C)c3c2cc(Cc2ccc(F)cc2)c2nn(CC(C)(C)O)c(=O)n32)[C@@H](CN2C3COCC2C3)CN1. The van der Waals surface area contributed by atoms with Gasteiger partial charge in [0.2, 0.25) is 5.91 Å². The molecular weight excluding hydrogens is 589 g/mol. The summed E-state index contributed by atoms with van der Waals surface area (Å²) in [6.07, 6.45) is 1.59. The summed E-state index contributed by atoms with van der Waals surface area (Å²) in [6, 6.07) is 9.70. The minimum absolute atomic E-state index is 0.00192. The van der Waals surface area contributed by atoms with Gasteiger partial charge in [0.1, 0.15) is 5.82 Å². The lowest BCUT2D eigenvalue weighted by Crippen LogP contribution is -2.68. The fraction of sp³-hybridized carbons (Fsp3) is 0.618. The van der Waals surface area contributed by atoms with E-state index < -0.39 is 11.0 Å². The Kier molecular flexibility index (Phi) is 7.87. The van der Waals surface area contributed by atoms with Crippen LogP contribution < -0.4 is 15.9 Å². The van der Waals surface area contributed by atoms with E-state index in [1.54, 1.807) is 30.4 Å². The lowest BCUT2D eigenvalue weighted by Gasteiger charge is -2.55. The maximum atomic E-state index is 14.3. The van der Waals surface area contributed by atoms with Crippen LogP contribution in [0.5, 0.6) is 0 Å². The van der Waals surface area contributed by atoms with Gasteiger partial charge in [-0.1, -0.05) is 26.0 Å². The number of hydrogen-bond acceptors (Lipinski definition) is 8. The maximum Gasteiger partial charge on any atom is 0.350 e. The Hall–Kier alpha value is -3.16. The molecule has 12 heteroatoms. The number of fused-ring (bicyclic) bond motifs is 5. The van der Waals surface area contributed by atoms with E-state index in [4.69, 9.17) is 9.84 Å². The molecule has 3 fully saturated rings. The molecule has 3 saturated heterocycles. The fourth-order valence-electron chi connectivity index (χ4n) is 7.90. The van der Waals surface area contributed by atoms with E-state index in [1.807, 2.05) is 11.0 Å². The molecule has 3 aromatic rings. The number of aliphatic hydroxyl groups is 1. The van der Waals surface area contributed by atoms with Crippen molar-refractivity contribution < 1.29 is 19.0 Å². The molecule has 2 N–H and O–H groups in total. The first-order valence-corrected chi connectivity index (χ1v) is 16.5. The molecule has 1 amide bonds. The molecule has 0 aliphatic carbocycles. The van der Waals surface area contributed by atoms with Crippen LogP contribution in [0.3, 0.4) is 0 Å². The monoisotopic (exact) mass is 635 g/mol. The van der Waals surface area contributed by atoms with Crippen molar-refractivity contribution in [2.45, 2.75) is 89.2 Å². The van der Waals surface area contributed by atoms with E-state index in [2.05, 4.69) is 35.9 Å². The standard InChI is InChI=1S/C34H46FN7O4/c1-21-14-38(27(13-36-21)15-39-25-12-26(39)18-46-17-25)16-29(43)40-19-33(2,3)30-28(40)11-23(10-22-6-8-24(35)9-7-22)31-37-41(20-34(4,5)45)32(44)42(30)31/h6-9,11,21,25-27,36,45H,10,12-20H2,1-5H3/t21-,25?,26?,27-/m1/s1. The first-order chi connectivity index (χ1) is 21.8. The number of pyridine rings is 1. The van der Waals surface area contributed by atoms with Gasteiger partial charge < -0.3 is 20.1 Å². The first kappa shape index (κ1) is 31.4. The van der Waals surface area contributed by atoms with Crippen LogP contribution in [0.2, 0.25) is 0 Å². The number of anilines is 1. The van der Waals surface area contributed by atoms with Crippen molar-refractivity contribution in [1.82, 2.24) is 29.3 Å². The van der Waals surface area contributed by atoms with Crippen molar-refractivity contribution in [2.75, 3.05) is 50.8 Å². The third-order valence-electron chi connectivity index (χ3n) is 10.1. The lowest BCUT2D eigenvalue weighted by atomic mass is 9.90. The molecule has 4 aliphatic heterocycles. The summed E-state index contributed by atoms with van der Waals surface area (Å²) in [4.78, 5) is 35.0. The summed E-state index contributed by atoms with van der Waals surface area (Å²) >= 11 is 0. The second-order valence-electron chi connectivity index (χ2n) is 15.2. The van der Waals surface area contributed by atoms with Gasteiger partial charge in [-0.2, -0.15) is 0 Å². The van der Waals surface area contributed by atoms with Gasteiger partial charge >= 0.3 is 5.69 Å². The van der Waals surface area contributed by atoms with Crippen LogP contribution in [0, 0.1) is 5.82 Å². The molecule has 7 rings (SSSR count). The Morgan fingerprint density at radius 2 is 1.91 bits per heavy atom. The van der Waals surface area contributed by atoms with Crippen LogP contribution in [0.15, 0.2) is 35.1 Å². The molecule has 0 saturated carbocycles. The number of carbonyl (C=O) groups is 1. The number of carbonyl (C=O) groups excluding carboxylic acids is 1. The van der Waals surface area contributed by atoms with E-state index in [-0.39, 0.29) is 42.6 Å². The minimum Gasteiger partial charge on any atom is -0.389 e. The molecule has 0 spiro atoms. The Balaban J connectivity index is 1.24. The van der Waals surface area contributed by atoms with Crippen molar-refractivity contribution in [1.29, 1.82) is 0 Å². The van der Waals surface area contributed by atoms with Crippen LogP contribution in [0.25, 0.3) is 5.65 Å². The summed E-state index contributed by atoms with van der Waals surface area (Å²) in [6.45, 7) is 14.4. The van der Waals surface area contributed by atoms with Gasteiger partial charge in [0.05, 0.1) is 43.3 Å². The molecule has 11 nitrogen and oxygen atoms in total. The third-order valence-corrected chi connectivity index (χ3v) is 10.1. The average molecular weight is 636 g/mol. The lowest BCUT2D eigenvalue weighted by molar-refractivity contribution is -0.137. The number of rotatable bonds is 8. The number of nitrogens with one attached hydrogen (secondary N) is 1. The second-order valence-corrected chi connectivity index (χ2v) is 15.2. The van der Waals surface area contributed by atoms with Gasteiger partial charge in [-0.25, -0.2) is 18.3 Å². The van der Waals surface area contributed by atoms with Gasteiger partial charge in [-0.05, 0) is 51.0 Å². The number of ether oxygens (including phenoxy) is 1. The largest absolute Gasteiger partial charge is 0.389 e. The smallest absolute Gasteiger partial charge is 0.350 e. The molecule has 6 heterocycles. The molecule has 46 heavy (non-hydrogen) atoms. The van der Waals surface area contributed by atoms with Gasteiger partial charge in [0, 0.05) is 67.7 Å². The topological polar surface area (TPSA) is 108 Å². The highest BCUT2D eigenvalue weighted by atomic mass is 19.1. The molecule has 4 aliphatic rings. The molecular formula is C34H46FN7O4. The number of morpholine rings is 1. The Morgan fingerprint density at radius 1 is 1.20 bits per heavy atom. The van der Waals surface area contributed by atoms with Crippen LogP contribution in [0.1, 0.15) is 57.9 Å². The Bertz CT molecular complexity index is 1680. The summed E-state index contributed by atoms with van der Waals surface area (Å²) in [7, 11) is 0. The highest BCUT2D eigenvalue weighted by Crippen LogP contribution is 2.42. The zero-order valence-corrected chi connectivity index (χ0v) is 27.5. The molecule has 1 aromatic carbocycles. The molecule has 0 radical (unpaired) electrons. The number of piperazine rings is 1. The number of nitrogens with zero attached hydrogens (tertiary/aromatic N) is 6. The summed E-state index contributed by atoms with van der Waals surface area (Å²) in [5, 5.41) is 18.9. The molecule has 2 unspecified atom stereocenters. The quantitative estimate of drug-likeness (QED) is 0.386. The Morgan fingerprint density at radius 3 is 2.59 bits per heavy atom. The fourth-order valence-corrected chi connectivity index (χ4v) is 7.90. The highest BCUT2D eigenvalue weighted by molar-refractivity contribution is 5.98. The normalized spacial score (nSPS) is 26.4. The minimum atomic E-state index is -1.15. The van der Waals surface area contributed by atoms with Crippen molar-refractivity contribution in [3.63, 3.8) is 0 Å². The van der Waals surface area contributed by atoms with Crippen molar-refractivity contribution in [3.8, 4) is 0 Å². The predicted molar refractivity (Wildman–Crippen MR) is 173 cm³/mol. The van der Waals surface area contributed by atoms with Crippen molar-refractivity contribution >= 4 is 17.2 Å². The van der Waals surface area contributed by atoms with Gasteiger partial charge in [-0.3, -0.25) is 14.6 Å². The van der Waals surface area contributed by atoms with Crippen LogP contribution in [-0.4, -0.2) is 111 Å². The van der Waals surface area contributed by atoms with Crippen LogP contribution >= 0.6 is 0 Å². The summed E-state index contributed by atoms with van der Waals surface area (Å²) < 4.78 is 22.4.